The Labute approximate surface area is 496 Å². The second-order valence-corrected chi connectivity index (χ2v) is 27.2. The number of hydrogen-bond acceptors (Lipinski definition) is 10. The Morgan fingerprint density at radius 2 is 1.00 bits per heavy atom. The first-order chi connectivity index (χ1) is 39.9. The molecule has 0 aliphatic heterocycles. The molecular weight excluding hydrogens is 1160 g/mol. The van der Waals surface area contributed by atoms with Crippen LogP contribution in [0.1, 0.15) is 120 Å². The number of aromatic nitrogens is 4. The number of ether oxygens (including phenoxy) is 1. The molecule has 2 heterocycles. The molecule has 14 nitrogen and oxygen atoms in total. The summed E-state index contributed by atoms with van der Waals surface area (Å²) >= 11 is 0. The lowest BCUT2D eigenvalue weighted by molar-refractivity contribution is -0.145. The van der Waals surface area contributed by atoms with Crippen molar-refractivity contribution in [3.05, 3.63) is 202 Å². The molecule has 0 saturated heterocycles. The number of esters is 1. The summed E-state index contributed by atoms with van der Waals surface area (Å²) < 4.78 is 144. The van der Waals surface area contributed by atoms with Gasteiger partial charge in [-0.1, -0.05) is 90.1 Å². The first-order valence-electron chi connectivity index (χ1n) is 26.9. The molecule has 0 radical (unpaired) electrons. The van der Waals surface area contributed by atoms with E-state index in [4.69, 9.17) is 4.74 Å². The highest BCUT2D eigenvalue weighted by molar-refractivity contribution is 7.91. The third kappa shape index (κ3) is 16.1. The predicted octanol–water partition coefficient (Wildman–Crippen LogP) is 14.2. The number of anilines is 2. The summed E-state index contributed by atoms with van der Waals surface area (Å²) in [5.41, 5.74) is 0.438. The number of hydrogen-bond donors (Lipinski definition) is 2. The number of carbonyl (C=O) groups is 3. The van der Waals surface area contributed by atoms with Gasteiger partial charge in [-0.2, -0.15) is 26.3 Å². The van der Waals surface area contributed by atoms with Crippen molar-refractivity contribution in [1.29, 1.82) is 0 Å². The van der Waals surface area contributed by atoms with Crippen molar-refractivity contribution < 1.29 is 62.3 Å². The number of halogens is 6. The first-order valence-corrected chi connectivity index (χ1v) is 30.2. The molecule has 0 aliphatic carbocycles. The molecular formula is C64H66F6N6O8S2. The van der Waals surface area contributed by atoms with E-state index in [1.165, 1.54) is 98.0 Å². The standard InChI is InChI=1S/C33H34F3N3O5S.C31H32F3N3O3S/c1-20-17-22(11-14-28(20)45(42,43)19-32(3,4)5)31(41)38-23-12-13-24(25-9-7-8-10-27(25)33(34,35)36)26(18-23)29(44-21(2)40)30-37-15-16-39(30)6;1-20-16-21(10-13-27(20)41(39,40)19-30(2,3)4)29(38)36-23-11-12-24(22(17-23)18-28-35-14-15-37(28)5)25-8-6-7-9-26(25)31(32,33)34/h7-18,29H,19H2,1-6H3,(H,38,41);6-17H,18-19H2,1-5H3,(H,36,38). The Kier molecular flexibility index (Phi) is 19.2. The normalized spacial score (nSPS) is 12.7. The van der Waals surface area contributed by atoms with Gasteiger partial charge in [-0.3, -0.25) is 14.4 Å². The monoisotopic (exact) mass is 1220 g/mol. The molecule has 1 atom stereocenters. The van der Waals surface area contributed by atoms with Crippen LogP contribution in [0, 0.1) is 24.7 Å². The van der Waals surface area contributed by atoms with Gasteiger partial charge in [0.2, 0.25) is 0 Å². The largest absolute Gasteiger partial charge is 0.449 e. The van der Waals surface area contributed by atoms with Crippen LogP contribution in [-0.2, 0) is 62.1 Å². The lowest BCUT2D eigenvalue weighted by Crippen LogP contribution is -2.22. The number of benzene rings is 6. The number of nitrogens with zero attached hydrogens (tertiary/aromatic N) is 4. The second-order valence-electron chi connectivity index (χ2n) is 23.3. The average Bonchev–Trinajstić information content (AvgIpc) is 1.31. The van der Waals surface area contributed by atoms with E-state index in [-0.39, 0.29) is 72.6 Å². The van der Waals surface area contributed by atoms with Crippen molar-refractivity contribution in [3.63, 3.8) is 0 Å². The number of alkyl halides is 6. The molecule has 2 aromatic heterocycles. The van der Waals surface area contributed by atoms with Gasteiger partial charge in [0.1, 0.15) is 5.82 Å². The third-order valence-corrected chi connectivity index (χ3v) is 18.2. The van der Waals surface area contributed by atoms with Crippen molar-refractivity contribution in [2.75, 3.05) is 22.1 Å². The molecule has 8 rings (SSSR count). The third-order valence-electron chi connectivity index (χ3n) is 13.4. The zero-order valence-electron chi connectivity index (χ0n) is 49.2. The first kappa shape index (κ1) is 65.2. The lowest BCUT2D eigenvalue weighted by atomic mass is 9.91. The Bertz CT molecular complexity index is 4080. The van der Waals surface area contributed by atoms with Crippen LogP contribution in [0.3, 0.4) is 0 Å². The zero-order chi connectivity index (χ0) is 63.5. The minimum absolute atomic E-state index is 0.0322. The van der Waals surface area contributed by atoms with Crippen molar-refractivity contribution in [2.45, 2.75) is 97.0 Å². The minimum Gasteiger partial charge on any atom is -0.449 e. The minimum atomic E-state index is -4.68. The smallest absolute Gasteiger partial charge is 0.417 e. The average molecular weight is 1230 g/mol. The van der Waals surface area contributed by atoms with Gasteiger partial charge in [0.05, 0.1) is 32.4 Å². The molecule has 0 aliphatic rings. The Morgan fingerprint density at radius 1 is 0.558 bits per heavy atom. The molecule has 2 N–H and O–H groups in total. The summed E-state index contributed by atoms with van der Waals surface area (Å²) in [5, 5.41) is 5.54. The highest BCUT2D eigenvalue weighted by Crippen LogP contribution is 2.43. The fourth-order valence-electron chi connectivity index (χ4n) is 9.88. The zero-order valence-corrected chi connectivity index (χ0v) is 50.8. The molecule has 0 bridgehead atoms. The Morgan fingerprint density at radius 3 is 1.42 bits per heavy atom. The molecule has 86 heavy (non-hydrogen) atoms. The number of aryl methyl sites for hydroxylation is 4. The van der Waals surface area contributed by atoms with E-state index in [1.54, 1.807) is 79.9 Å². The van der Waals surface area contributed by atoms with Gasteiger partial charge < -0.3 is 24.5 Å². The predicted molar refractivity (Wildman–Crippen MR) is 318 cm³/mol. The maximum absolute atomic E-state index is 14.1. The lowest BCUT2D eigenvalue weighted by Gasteiger charge is -2.23. The number of amides is 2. The topological polar surface area (TPSA) is 188 Å². The van der Waals surface area contributed by atoms with Gasteiger partial charge in [0.15, 0.2) is 31.6 Å². The highest BCUT2D eigenvalue weighted by Gasteiger charge is 2.37. The molecule has 2 amide bonds. The van der Waals surface area contributed by atoms with E-state index in [9.17, 15) is 57.6 Å². The molecule has 0 spiro atoms. The van der Waals surface area contributed by atoms with Gasteiger partial charge in [-0.15, -0.1) is 0 Å². The van der Waals surface area contributed by atoms with Crippen molar-refractivity contribution in [1.82, 2.24) is 19.1 Å². The van der Waals surface area contributed by atoms with Gasteiger partial charge in [-0.25, -0.2) is 26.8 Å². The fourth-order valence-corrected chi connectivity index (χ4v) is 14.1. The quantitative estimate of drug-likeness (QED) is 0.0738. The van der Waals surface area contributed by atoms with Gasteiger partial charge in [-0.05, 0) is 136 Å². The van der Waals surface area contributed by atoms with Crippen LogP contribution >= 0.6 is 0 Å². The van der Waals surface area contributed by atoms with Crippen LogP contribution in [0.25, 0.3) is 22.3 Å². The van der Waals surface area contributed by atoms with Gasteiger partial charge in [0.25, 0.3) is 11.8 Å². The van der Waals surface area contributed by atoms with Crippen LogP contribution in [0.4, 0.5) is 37.7 Å². The van der Waals surface area contributed by atoms with E-state index < -0.39 is 77.9 Å². The van der Waals surface area contributed by atoms with Crippen molar-refractivity contribution in [2.24, 2.45) is 24.9 Å². The molecule has 1 unspecified atom stereocenters. The molecule has 22 heteroatoms. The molecule has 8 aromatic rings. The summed E-state index contributed by atoms with van der Waals surface area (Å²) in [4.78, 5) is 47.6. The van der Waals surface area contributed by atoms with Gasteiger partial charge >= 0.3 is 18.3 Å². The molecule has 0 fully saturated rings. The van der Waals surface area contributed by atoms with Crippen LogP contribution < -0.4 is 10.6 Å². The van der Waals surface area contributed by atoms with E-state index in [1.807, 2.05) is 41.5 Å². The molecule has 6 aromatic carbocycles. The number of sulfone groups is 2. The van der Waals surface area contributed by atoms with Crippen molar-refractivity contribution >= 4 is 48.8 Å². The number of nitrogens with one attached hydrogen (secondary N) is 2. The Hall–Kier alpha value is -8.37. The second kappa shape index (κ2) is 25.3. The van der Waals surface area contributed by atoms with E-state index in [0.717, 1.165) is 12.1 Å². The van der Waals surface area contributed by atoms with Crippen LogP contribution in [0.15, 0.2) is 156 Å². The van der Waals surface area contributed by atoms with E-state index >= 15 is 0 Å². The highest BCUT2D eigenvalue weighted by atomic mass is 32.2. The van der Waals surface area contributed by atoms with Crippen LogP contribution in [0.5, 0.6) is 0 Å². The summed E-state index contributed by atoms with van der Waals surface area (Å²) in [6.07, 6.45) is -3.78. The maximum atomic E-state index is 14.1. The number of rotatable bonds is 15. The van der Waals surface area contributed by atoms with Gasteiger partial charge in [0, 0.05) is 80.3 Å². The van der Waals surface area contributed by atoms with E-state index in [0.29, 0.717) is 33.8 Å². The van der Waals surface area contributed by atoms with Crippen LogP contribution in [0.2, 0.25) is 0 Å². The summed E-state index contributed by atoms with van der Waals surface area (Å²) in [7, 11) is -3.70. The summed E-state index contributed by atoms with van der Waals surface area (Å²) in [6, 6.07) is 28.2. The fraction of sp³-hybridized carbons (Fsp3) is 0.297. The Balaban J connectivity index is 0.000000247. The summed E-state index contributed by atoms with van der Waals surface area (Å²) in [6.45, 7) is 15.4. The van der Waals surface area contributed by atoms with Crippen molar-refractivity contribution in [3.8, 4) is 22.3 Å². The summed E-state index contributed by atoms with van der Waals surface area (Å²) in [5.74, 6) is -0.950. The van der Waals surface area contributed by atoms with E-state index in [2.05, 4.69) is 20.6 Å². The molecule has 0 saturated carbocycles. The molecule has 454 valence electrons. The number of carbonyl (C=O) groups excluding carboxylic acids is 3. The maximum Gasteiger partial charge on any atom is 0.417 e. The SMILES string of the molecule is CC(=O)OC(c1cc(NC(=O)c2ccc(S(=O)(=O)CC(C)(C)C)c(C)c2)ccc1-c1ccccc1C(F)(F)F)c1nccn1C.Cc1cc(C(=O)Nc2ccc(-c3ccccc3C(F)(F)F)c(Cc3nccn3C)c2)ccc1S(=O)(=O)CC(C)(C)C. The van der Waals surface area contributed by atoms with Crippen LogP contribution in [-0.4, -0.2) is 65.2 Å². The number of imidazole rings is 2.